The lowest BCUT2D eigenvalue weighted by Gasteiger charge is -2.04. The van der Waals surface area contributed by atoms with Crippen LogP contribution in [-0.2, 0) is 9.84 Å². The van der Waals surface area contributed by atoms with Crippen molar-refractivity contribution in [2.75, 3.05) is 12.3 Å². The highest BCUT2D eigenvalue weighted by Crippen LogP contribution is 2.12. The van der Waals surface area contributed by atoms with Gasteiger partial charge in [-0.15, -0.1) is 12.4 Å². The van der Waals surface area contributed by atoms with Crippen molar-refractivity contribution in [1.29, 1.82) is 0 Å². The van der Waals surface area contributed by atoms with Gasteiger partial charge in [0.1, 0.15) is 0 Å². The Kier molecular flexibility index (Phi) is 6.25. The molecule has 0 bridgehead atoms. The van der Waals surface area contributed by atoms with E-state index < -0.39 is 9.84 Å². The van der Waals surface area contributed by atoms with Crippen LogP contribution in [-0.4, -0.2) is 20.7 Å². The van der Waals surface area contributed by atoms with Crippen LogP contribution >= 0.6 is 12.4 Å². The van der Waals surface area contributed by atoms with E-state index in [1.807, 2.05) is 0 Å². The third-order valence-corrected chi connectivity index (χ3v) is 3.64. The third-order valence-electron chi connectivity index (χ3n) is 1.89. The van der Waals surface area contributed by atoms with Gasteiger partial charge in [0.15, 0.2) is 9.84 Å². The van der Waals surface area contributed by atoms with E-state index >= 15 is 0 Å². The highest BCUT2D eigenvalue weighted by Gasteiger charge is 2.15. The van der Waals surface area contributed by atoms with Crippen LogP contribution in [0.5, 0.6) is 0 Å². The molecule has 0 aliphatic heterocycles. The summed E-state index contributed by atoms with van der Waals surface area (Å²) in [7, 11) is -3.47. The van der Waals surface area contributed by atoms with Crippen molar-refractivity contribution in [1.82, 2.24) is 0 Å². The van der Waals surface area contributed by atoms with E-state index in [1.54, 1.807) is 18.2 Å². The first kappa shape index (κ1) is 15.1. The lowest BCUT2D eigenvalue weighted by atomic mass is 10.3. The molecule has 0 saturated heterocycles. The van der Waals surface area contributed by atoms with Crippen molar-refractivity contribution in [3.63, 3.8) is 0 Å². The maximum Gasteiger partial charge on any atom is 0.182 e. The van der Waals surface area contributed by atoms with E-state index in [1.165, 1.54) is 12.1 Å². The first-order valence-corrected chi connectivity index (χ1v) is 6.01. The Labute approximate surface area is 100 Å². The van der Waals surface area contributed by atoms with E-state index in [2.05, 4.69) is 0 Å². The van der Waals surface area contributed by atoms with Gasteiger partial charge in [-0.25, -0.2) is 12.8 Å². The van der Waals surface area contributed by atoms with E-state index in [4.69, 9.17) is 5.73 Å². The third kappa shape index (κ3) is 3.92. The minimum atomic E-state index is -3.47. The molecule has 0 saturated carbocycles. The lowest BCUT2D eigenvalue weighted by Crippen LogP contribution is -2.14. The molecule has 0 unspecified atom stereocenters. The Hall–Kier alpha value is -0.910. The Morgan fingerprint density at radius 1 is 1.31 bits per heavy atom. The quantitative estimate of drug-likeness (QED) is 0.901. The molecule has 1 aromatic rings. The maximum absolute atomic E-state index is 12.2. The fourth-order valence-corrected chi connectivity index (χ4v) is 2.50. The molecule has 90 valence electrons. The van der Waals surface area contributed by atoms with Gasteiger partial charge in [-0.05, 0) is 17.7 Å². The summed E-state index contributed by atoms with van der Waals surface area (Å²) in [6.45, 7) is -0.0947. The summed E-state index contributed by atoms with van der Waals surface area (Å²) in [5.74, 6) is -0.371. The molecule has 0 aromatic heterocycles. The molecule has 0 spiro atoms. The maximum atomic E-state index is 12.2. The summed E-state index contributed by atoms with van der Waals surface area (Å²) >= 11 is 0. The Balaban J connectivity index is 0.00000225. The number of halogens is 2. The first-order valence-electron chi connectivity index (χ1n) is 4.36. The number of rotatable bonds is 4. The minimum absolute atomic E-state index is 0. The van der Waals surface area contributed by atoms with Crippen molar-refractivity contribution in [2.24, 2.45) is 5.73 Å². The second-order valence-corrected chi connectivity index (χ2v) is 5.03. The molecule has 0 aliphatic rings. The molecular weight excluding hydrogens is 253 g/mol. The zero-order chi connectivity index (χ0) is 11.3. The second-order valence-electron chi connectivity index (χ2n) is 3.04. The first-order chi connectivity index (χ1) is 7.10. The summed E-state index contributed by atoms with van der Waals surface area (Å²) < 4.78 is 35.6. The fourth-order valence-electron chi connectivity index (χ4n) is 1.09. The average molecular weight is 266 g/mol. The molecule has 0 atom stereocenters. The predicted octanol–water partition coefficient (Wildman–Crippen LogP) is 1.69. The number of nitrogens with two attached hydrogens (primary N) is 1. The Morgan fingerprint density at radius 3 is 2.31 bits per heavy atom. The standard InChI is InChI=1S/C10H12FNO2S.ClH/c11-6-9(7-12)8-15(13,14)10-4-2-1-3-5-10;/h1-6H,7-8,12H2;1H/b9-6-;. The number of benzene rings is 1. The lowest BCUT2D eigenvalue weighted by molar-refractivity contribution is 0.596. The molecule has 1 rings (SSSR count). The van der Waals surface area contributed by atoms with E-state index in [0.717, 1.165) is 0 Å². The van der Waals surface area contributed by atoms with Crippen LogP contribution in [0.1, 0.15) is 0 Å². The van der Waals surface area contributed by atoms with Crippen LogP contribution in [0.4, 0.5) is 4.39 Å². The molecular formula is C10H13ClFNO2S. The van der Waals surface area contributed by atoms with Gasteiger partial charge in [-0.1, -0.05) is 18.2 Å². The molecule has 16 heavy (non-hydrogen) atoms. The normalized spacial score (nSPS) is 12.0. The van der Waals surface area contributed by atoms with Gasteiger partial charge in [0, 0.05) is 6.54 Å². The van der Waals surface area contributed by atoms with Gasteiger partial charge in [0.2, 0.25) is 0 Å². The molecule has 0 aliphatic carbocycles. The van der Waals surface area contributed by atoms with Gasteiger partial charge >= 0.3 is 0 Å². The van der Waals surface area contributed by atoms with Gasteiger partial charge in [0.05, 0.1) is 17.0 Å². The Bertz CT molecular complexity index is 445. The molecule has 6 heteroatoms. The van der Waals surface area contributed by atoms with Gasteiger partial charge in [0.25, 0.3) is 0 Å². The van der Waals surface area contributed by atoms with Crippen LogP contribution in [0.25, 0.3) is 0 Å². The van der Waals surface area contributed by atoms with E-state index in [9.17, 15) is 12.8 Å². The summed E-state index contributed by atoms with van der Waals surface area (Å²) in [5, 5.41) is 0. The summed E-state index contributed by atoms with van der Waals surface area (Å²) in [5.41, 5.74) is 5.26. The van der Waals surface area contributed by atoms with Crippen LogP contribution in [0, 0.1) is 0 Å². The largest absolute Gasteiger partial charge is 0.327 e. The van der Waals surface area contributed by atoms with Crippen molar-refractivity contribution in [2.45, 2.75) is 4.90 Å². The zero-order valence-corrected chi connectivity index (χ0v) is 10.1. The molecule has 3 nitrogen and oxygen atoms in total. The number of hydrogen-bond acceptors (Lipinski definition) is 3. The molecule has 0 heterocycles. The smallest absolute Gasteiger partial charge is 0.182 e. The van der Waals surface area contributed by atoms with Crippen molar-refractivity contribution >= 4 is 22.2 Å². The molecule has 1 aromatic carbocycles. The zero-order valence-electron chi connectivity index (χ0n) is 8.47. The molecule has 2 N–H and O–H groups in total. The van der Waals surface area contributed by atoms with Gasteiger partial charge < -0.3 is 5.73 Å². The molecule has 0 fully saturated rings. The van der Waals surface area contributed by atoms with E-state index in [-0.39, 0.29) is 41.5 Å². The van der Waals surface area contributed by atoms with Crippen LogP contribution in [0.15, 0.2) is 47.1 Å². The summed E-state index contributed by atoms with van der Waals surface area (Å²) in [4.78, 5) is 0.179. The van der Waals surface area contributed by atoms with Crippen LogP contribution in [0.2, 0.25) is 0 Å². The monoisotopic (exact) mass is 265 g/mol. The SMILES string of the molecule is Cl.NC/C(=C/F)CS(=O)(=O)c1ccccc1. The van der Waals surface area contributed by atoms with Crippen molar-refractivity contribution < 1.29 is 12.8 Å². The highest BCUT2D eigenvalue weighted by molar-refractivity contribution is 7.91. The molecule has 0 radical (unpaired) electrons. The van der Waals surface area contributed by atoms with Gasteiger partial charge in [-0.2, -0.15) is 0 Å². The summed E-state index contributed by atoms with van der Waals surface area (Å²) in [6.07, 6.45) is 0.250. The number of sulfone groups is 1. The Morgan fingerprint density at radius 2 is 1.88 bits per heavy atom. The van der Waals surface area contributed by atoms with Crippen LogP contribution < -0.4 is 5.73 Å². The second kappa shape index (κ2) is 6.62. The minimum Gasteiger partial charge on any atom is -0.327 e. The van der Waals surface area contributed by atoms with E-state index in [0.29, 0.717) is 0 Å². The topological polar surface area (TPSA) is 60.2 Å². The fraction of sp³-hybridized carbons (Fsp3) is 0.200. The average Bonchev–Trinajstić information content (AvgIpc) is 2.27. The summed E-state index contributed by atoms with van der Waals surface area (Å²) in [6, 6.07) is 7.90. The van der Waals surface area contributed by atoms with Crippen molar-refractivity contribution in [3.8, 4) is 0 Å². The van der Waals surface area contributed by atoms with Crippen molar-refractivity contribution in [3.05, 3.63) is 42.2 Å². The predicted molar refractivity (Wildman–Crippen MR) is 64.0 cm³/mol. The molecule has 0 amide bonds. The number of hydrogen-bond donors (Lipinski definition) is 1. The highest BCUT2D eigenvalue weighted by atomic mass is 35.5. The van der Waals surface area contributed by atoms with Gasteiger partial charge in [-0.3, -0.25) is 0 Å². The van der Waals surface area contributed by atoms with Crippen LogP contribution in [0.3, 0.4) is 0 Å².